The summed E-state index contributed by atoms with van der Waals surface area (Å²) in [5.74, 6) is 2.16. The summed E-state index contributed by atoms with van der Waals surface area (Å²) in [5.41, 5.74) is 7.95. The van der Waals surface area contributed by atoms with Gasteiger partial charge >= 0.3 is 0 Å². The van der Waals surface area contributed by atoms with Crippen molar-refractivity contribution in [3.8, 4) is 28.7 Å². The van der Waals surface area contributed by atoms with Crippen molar-refractivity contribution in [2.45, 2.75) is 40.2 Å². The summed E-state index contributed by atoms with van der Waals surface area (Å²) in [4.78, 5) is 25.0. The number of likely N-dealkylation sites (N-methyl/N-ethyl adjacent to an activating group) is 1. The molecule has 212 valence electrons. The highest BCUT2D eigenvalue weighted by Gasteiger charge is 2.29. The molecular formula is C31H41N7O2. The Hall–Kier alpha value is -4.42. The molecule has 1 amide bonds. The van der Waals surface area contributed by atoms with Crippen molar-refractivity contribution >= 4 is 17.5 Å². The van der Waals surface area contributed by atoms with Crippen LogP contribution in [-0.4, -0.2) is 65.4 Å². The number of hydrogen-bond acceptors (Lipinski definition) is 8. The molecule has 9 heteroatoms. The Balaban J connectivity index is 0.00000134. The summed E-state index contributed by atoms with van der Waals surface area (Å²) < 4.78 is 5.88. The van der Waals surface area contributed by atoms with Crippen LogP contribution in [0.4, 0.5) is 11.6 Å². The van der Waals surface area contributed by atoms with Crippen LogP contribution >= 0.6 is 0 Å². The molecule has 1 aliphatic heterocycles. The lowest BCUT2D eigenvalue weighted by molar-refractivity contribution is -0.125. The number of rotatable bonds is 8. The van der Waals surface area contributed by atoms with Gasteiger partial charge in [0.25, 0.3) is 5.91 Å². The molecular weight excluding hydrogens is 502 g/mol. The lowest BCUT2D eigenvalue weighted by Gasteiger charge is -2.19. The first-order chi connectivity index (χ1) is 19.4. The molecule has 1 aliphatic rings. The van der Waals surface area contributed by atoms with Gasteiger partial charge < -0.3 is 25.6 Å². The zero-order valence-electron chi connectivity index (χ0n) is 24.4. The van der Waals surface area contributed by atoms with Crippen molar-refractivity contribution in [2.24, 2.45) is 0 Å². The third-order valence-corrected chi connectivity index (χ3v) is 5.83. The number of nitrogens with one attached hydrogen (secondary N) is 1. The molecule has 2 heterocycles. The number of likely N-dealkylation sites (tertiary alicyclic amines) is 1. The number of para-hydroxylation sites is 1. The second kappa shape index (κ2) is 16.5. The van der Waals surface area contributed by atoms with Crippen molar-refractivity contribution < 1.29 is 9.53 Å². The van der Waals surface area contributed by atoms with Crippen LogP contribution in [0, 0.1) is 11.3 Å². The number of nitrogens with zero attached hydrogens (tertiary/aromatic N) is 5. The van der Waals surface area contributed by atoms with E-state index in [1.54, 1.807) is 11.0 Å². The van der Waals surface area contributed by atoms with Crippen LogP contribution in [0.5, 0.6) is 11.5 Å². The number of nitrogen functional groups attached to an aromatic ring is 1. The van der Waals surface area contributed by atoms with E-state index in [1.165, 1.54) is 6.33 Å². The molecule has 1 atom stereocenters. The number of carbonyl (C=O) groups is 1. The van der Waals surface area contributed by atoms with Gasteiger partial charge in [0.15, 0.2) is 0 Å². The molecule has 2 aromatic carbocycles. The van der Waals surface area contributed by atoms with E-state index in [9.17, 15) is 10.1 Å². The van der Waals surface area contributed by atoms with Gasteiger partial charge in [0, 0.05) is 25.7 Å². The second-order valence-electron chi connectivity index (χ2n) is 8.79. The van der Waals surface area contributed by atoms with E-state index in [0.717, 1.165) is 17.7 Å². The summed E-state index contributed by atoms with van der Waals surface area (Å²) in [5, 5.41) is 12.9. The maximum absolute atomic E-state index is 12.8. The molecule has 1 aromatic heterocycles. The zero-order chi connectivity index (χ0) is 29.5. The molecule has 40 heavy (non-hydrogen) atoms. The number of carbonyl (C=O) groups excluding carboxylic acids is 1. The molecule has 1 fully saturated rings. The summed E-state index contributed by atoms with van der Waals surface area (Å²) in [6, 6.07) is 19.1. The van der Waals surface area contributed by atoms with E-state index in [2.05, 4.69) is 15.3 Å². The van der Waals surface area contributed by atoms with Crippen LogP contribution in [0.1, 0.15) is 34.1 Å². The smallest absolute Gasteiger partial charge is 0.264 e. The molecule has 0 saturated carbocycles. The number of nitrogens with two attached hydrogens (primary N) is 1. The maximum atomic E-state index is 12.8. The lowest BCUT2D eigenvalue weighted by Crippen LogP contribution is -2.33. The number of hydrogen-bond donors (Lipinski definition) is 2. The first-order valence-corrected chi connectivity index (χ1v) is 13.7. The highest BCUT2D eigenvalue weighted by Crippen LogP contribution is 2.33. The van der Waals surface area contributed by atoms with E-state index in [0.29, 0.717) is 42.6 Å². The summed E-state index contributed by atoms with van der Waals surface area (Å²) in [6.07, 6.45) is 3.81. The van der Waals surface area contributed by atoms with Gasteiger partial charge in [0.2, 0.25) is 0 Å². The quantitative estimate of drug-likeness (QED) is 0.278. The fraction of sp³-hybridized carbons (Fsp3) is 0.355. The average molecular weight is 544 g/mol. The van der Waals surface area contributed by atoms with Crippen LogP contribution in [0.2, 0.25) is 0 Å². The van der Waals surface area contributed by atoms with Gasteiger partial charge in [-0.1, -0.05) is 58.0 Å². The van der Waals surface area contributed by atoms with E-state index in [-0.39, 0.29) is 17.5 Å². The molecule has 1 saturated heterocycles. The van der Waals surface area contributed by atoms with E-state index >= 15 is 0 Å². The SMILES string of the molecule is CC.CC.CN(C)C/C=C(\C#N)C(=O)N1CCC(Nc2ncnc(N)c2-c2ccc(Oc3ccccc3)cc2)C1. The highest BCUT2D eigenvalue weighted by molar-refractivity contribution is 5.97. The minimum absolute atomic E-state index is 0.0310. The predicted octanol–water partition coefficient (Wildman–Crippen LogP) is 5.59. The second-order valence-corrected chi connectivity index (χ2v) is 8.79. The Morgan fingerprint density at radius 1 is 1.10 bits per heavy atom. The number of ether oxygens (including phenoxy) is 1. The van der Waals surface area contributed by atoms with Crippen molar-refractivity contribution in [3.63, 3.8) is 0 Å². The van der Waals surface area contributed by atoms with Gasteiger partial charge in [-0.15, -0.1) is 0 Å². The Morgan fingerprint density at radius 3 is 2.38 bits per heavy atom. The van der Waals surface area contributed by atoms with Crippen LogP contribution in [0.15, 0.2) is 72.6 Å². The predicted molar refractivity (Wildman–Crippen MR) is 162 cm³/mol. The fourth-order valence-corrected chi connectivity index (χ4v) is 3.99. The average Bonchev–Trinajstić information content (AvgIpc) is 3.45. The van der Waals surface area contributed by atoms with Crippen LogP contribution in [0.3, 0.4) is 0 Å². The van der Waals surface area contributed by atoms with Crippen LogP contribution < -0.4 is 15.8 Å². The van der Waals surface area contributed by atoms with Crippen molar-refractivity contribution in [2.75, 3.05) is 44.8 Å². The third-order valence-electron chi connectivity index (χ3n) is 5.83. The van der Waals surface area contributed by atoms with Crippen LogP contribution in [0.25, 0.3) is 11.1 Å². The monoisotopic (exact) mass is 543 g/mol. The fourth-order valence-electron chi connectivity index (χ4n) is 3.99. The molecule has 1 unspecified atom stereocenters. The Kier molecular flexibility index (Phi) is 13.1. The Bertz CT molecular complexity index is 1270. The molecule has 3 N–H and O–H groups in total. The van der Waals surface area contributed by atoms with E-state index in [1.807, 2.05) is 107 Å². The number of nitriles is 1. The first-order valence-electron chi connectivity index (χ1n) is 13.7. The molecule has 0 bridgehead atoms. The van der Waals surface area contributed by atoms with E-state index < -0.39 is 0 Å². The van der Waals surface area contributed by atoms with Gasteiger partial charge in [-0.05, 0) is 56.4 Å². The van der Waals surface area contributed by atoms with Crippen molar-refractivity contribution in [1.82, 2.24) is 19.8 Å². The third kappa shape index (κ3) is 8.82. The molecule has 3 aromatic rings. The van der Waals surface area contributed by atoms with Gasteiger partial charge in [0.05, 0.1) is 5.56 Å². The van der Waals surface area contributed by atoms with Gasteiger partial charge in [0.1, 0.15) is 41.1 Å². The van der Waals surface area contributed by atoms with Gasteiger partial charge in [-0.3, -0.25) is 4.79 Å². The van der Waals surface area contributed by atoms with Crippen LogP contribution in [-0.2, 0) is 4.79 Å². The number of aromatic nitrogens is 2. The Morgan fingerprint density at radius 2 is 1.75 bits per heavy atom. The number of benzene rings is 2. The zero-order valence-corrected chi connectivity index (χ0v) is 24.4. The maximum Gasteiger partial charge on any atom is 0.264 e. The molecule has 0 radical (unpaired) electrons. The van der Waals surface area contributed by atoms with E-state index in [4.69, 9.17) is 10.5 Å². The standard InChI is InChI=1S/C27H29N7O2.2C2H6/c1-33(2)14-12-20(16-28)27(35)34-15-13-21(17-34)32-26-24(25(29)30-18-31-26)19-8-10-23(11-9-19)36-22-6-4-3-5-7-22;2*1-2/h3-12,18,21H,13-15,17H2,1-2H3,(H3,29,30,31,32);2*1-2H3/b20-12+;;. The number of anilines is 2. The van der Waals surface area contributed by atoms with Crippen molar-refractivity contribution in [3.05, 3.63) is 72.6 Å². The normalized spacial score (nSPS) is 14.3. The number of amides is 1. The molecule has 9 nitrogen and oxygen atoms in total. The van der Waals surface area contributed by atoms with Crippen molar-refractivity contribution in [1.29, 1.82) is 5.26 Å². The minimum atomic E-state index is -0.250. The topological polar surface area (TPSA) is 120 Å². The molecule has 0 aliphatic carbocycles. The lowest BCUT2D eigenvalue weighted by atomic mass is 10.1. The highest BCUT2D eigenvalue weighted by atomic mass is 16.5. The Labute approximate surface area is 238 Å². The van der Waals surface area contributed by atoms with Gasteiger partial charge in [-0.2, -0.15) is 5.26 Å². The largest absolute Gasteiger partial charge is 0.457 e. The molecule has 0 spiro atoms. The molecule has 4 rings (SSSR count). The summed E-state index contributed by atoms with van der Waals surface area (Å²) in [6.45, 7) is 9.55. The minimum Gasteiger partial charge on any atom is -0.457 e. The summed E-state index contributed by atoms with van der Waals surface area (Å²) in [7, 11) is 3.78. The first kappa shape index (κ1) is 31.8. The summed E-state index contributed by atoms with van der Waals surface area (Å²) >= 11 is 0. The van der Waals surface area contributed by atoms with Gasteiger partial charge in [-0.25, -0.2) is 9.97 Å².